The maximum atomic E-state index is 12.6. The Morgan fingerprint density at radius 2 is 0.642 bits per heavy atom. The van der Waals surface area contributed by atoms with E-state index in [0.29, 0.717) is 165 Å². The fourth-order valence-corrected chi connectivity index (χ4v) is 33.2. The molecule has 0 radical (unpaired) electrons. The number of rotatable bonds is 15. The number of aliphatic hydroxyl groups is 2. The number of carbonyl (C=O) groups excluding carboxylic acids is 9. The van der Waals surface area contributed by atoms with Crippen LogP contribution in [0.25, 0.3) is 0 Å². The van der Waals surface area contributed by atoms with Crippen LogP contribution in [-0.2, 0) is 78.4 Å². The molecule has 25 rings (SSSR count). The number of amides is 5. The first kappa shape index (κ1) is 94.3. The van der Waals surface area contributed by atoms with E-state index >= 15 is 0 Å². The summed E-state index contributed by atoms with van der Waals surface area (Å²) in [6, 6.07) is 24.6. The van der Waals surface area contributed by atoms with Gasteiger partial charge in [0.15, 0.2) is 0 Å². The highest BCUT2D eigenvalue weighted by Gasteiger charge is 2.70. The summed E-state index contributed by atoms with van der Waals surface area (Å²) in [4.78, 5) is 122. The van der Waals surface area contributed by atoms with Crippen LogP contribution < -0.4 is 28.7 Å². The summed E-state index contributed by atoms with van der Waals surface area (Å²) in [6.45, 7) is 16.5. The van der Waals surface area contributed by atoms with Crippen molar-refractivity contribution >= 4 is 52.7 Å². The molecule has 5 aromatic rings. The van der Waals surface area contributed by atoms with Crippen LogP contribution in [0.3, 0.4) is 0 Å². The van der Waals surface area contributed by atoms with Gasteiger partial charge in [0, 0.05) is 167 Å². The molecule has 20 aliphatic rings. The van der Waals surface area contributed by atoms with Gasteiger partial charge in [-0.1, -0.05) is 56.0 Å². The van der Waals surface area contributed by atoms with E-state index in [0.717, 1.165) is 134 Å². The number of fused-ring (bicyclic) bond motifs is 5. The molecule has 0 unspecified atom stereocenters. The number of nitrogens with zero attached hydrogens (tertiary/aromatic N) is 5. The van der Waals surface area contributed by atoms with Gasteiger partial charge in [0.05, 0.1) is 33.5 Å². The predicted molar refractivity (Wildman–Crippen MR) is 518 cm³/mol. The zero-order valence-electron chi connectivity index (χ0n) is 81.1. The maximum absolute atomic E-state index is 12.6. The van der Waals surface area contributed by atoms with Crippen molar-refractivity contribution in [2.75, 3.05) is 32.7 Å². The van der Waals surface area contributed by atoms with E-state index in [-0.39, 0.29) is 110 Å². The average molecular weight is 1870 g/mol. The number of phenols is 4. The molecule has 5 saturated heterocycles. The minimum Gasteiger partial charge on any atom is -0.507 e. The summed E-state index contributed by atoms with van der Waals surface area (Å²) >= 11 is 0. The van der Waals surface area contributed by atoms with Crippen molar-refractivity contribution in [3.05, 3.63) is 150 Å². The Morgan fingerprint density at radius 1 is 0.321 bits per heavy atom. The Balaban J connectivity index is 0.000000102. The van der Waals surface area contributed by atoms with Crippen molar-refractivity contribution < 1.29 is 73.8 Å². The number of ketones is 4. The number of hydrogen-bond donors (Lipinski definition) is 11. The minimum absolute atomic E-state index is 0.0295. The minimum atomic E-state index is -1.09. The van der Waals surface area contributed by atoms with E-state index in [1.54, 1.807) is 24.3 Å². The van der Waals surface area contributed by atoms with Crippen molar-refractivity contribution in [2.24, 2.45) is 76.0 Å². The average Bonchev–Trinajstić information content (AvgIpc) is 1.17. The lowest BCUT2D eigenvalue weighted by molar-refractivity contribution is -0.182. The lowest BCUT2D eigenvalue weighted by Crippen LogP contribution is -2.74. The number of Topliss-reactive ketones (excluding diaryl/α,β-unsaturated/α-hetero) is 4. The second-order valence-corrected chi connectivity index (χ2v) is 47.0. The van der Waals surface area contributed by atoms with E-state index in [1.165, 1.54) is 127 Å². The lowest BCUT2D eigenvalue weighted by atomic mass is 9.49. The molecule has 5 aliphatic heterocycles. The topological polar surface area (TPSA) is 421 Å². The van der Waals surface area contributed by atoms with E-state index in [1.807, 2.05) is 30.3 Å². The molecular weight excluding hydrogens is 1730 g/mol. The van der Waals surface area contributed by atoms with Gasteiger partial charge in [0.25, 0.3) is 23.6 Å². The molecule has 16 N–H and O–H groups in total. The zero-order valence-corrected chi connectivity index (χ0v) is 81.1. The van der Waals surface area contributed by atoms with E-state index < -0.39 is 45.7 Å². The van der Waals surface area contributed by atoms with Gasteiger partial charge >= 0.3 is 0 Å². The number of aromatic hydroxyl groups is 4. The molecule has 0 aromatic heterocycles. The third-order valence-electron chi connectivity index (χ3n) is 41.2. The highest BCUT2D eigenvalue weighted by atomic mass is 16.3. The van der Waals surface area contributed by atoms with Crippen molar-refractivity contribution in [1.29, 1.82) is 0 Å². The SMILES string of the molecule is C[C@@H](C1CC1)N1CC[C@]23CC(=O)CC[C@H]2[C@H]1Cc1ccc(C(N)=O)c(O)c13.C[C@@H](C1CCC1)N1CC[C@]23CC(=O)CC[C@@]2(O)[C@H]1Cc1ccc(C(N)=O)c(O)c13.C[C@H](C1CC1)N1CC[C@]23CC(=O)CC[C@H]2[C@H]1Cc1ccc(C(N)=O)c(O)c13.C[C@H](C1CC1)N1CC[C@]23CCCC[C@H]2[C@H]1Cc1ccc(C(N)=O)cc13.C[C@H](C1CCC1)N1CC[C@]23CC(=O)CC[C@@]2(O)[C@H]1Cc1ccc(C(N)=O)c(O)c13. The molecule has 137 heavy (non-hydrogen) atoms. The Hall–Kier alpha value is -8.95. The smallest absolute Gasteiger partial charge is 0.252 e. The van der Waals surface area contributed by atoms with Gasteiger partial charge in [-0.2, -0.15) is 0 Å². The number of primary amides is 5. The van der Waals surface area contributed by atoms with Crippen LogP contribution in [-0.4, -0.2) is 212 Å². The van der Waals surface area contributed by atoms with Crippen LogP contribution in [0.5, 0.6) is 23.0 Å². The lowest BCUT2D eigenvalue weighted by Gasteiger charge is -2.65. The maximum Gasteiger partial charge on any atom is 0.252 e. The first-order valence-corrected chi connectivity index (χ1v) is 52.9. The van der Waals surface area contributed by atoms with Crippen molar-refractivity contribution in [2.45, 2.75) is 377 Å². The molecule has 5 aromatic carbocycles. The molecule has 5 heterocycles. The normalized spacial score (nSPS) is 34.8. The molecule has 0 spiro atoms. The number of benzene rings is 5. The van der Waals surface area contributed by atoms with Crippen LogP contribution in [0, 0.1) is 47.3 Å². The Morgan fingerprint density at radius 3 is 1.00 bits per heavy atom. The Kier molecular flexibility index (Phi) is 24.1. The van der Waals surface area contributed by atoms with Gasteiger partial charge in [-0.15, -0.1) is 0 Å². The van der Waals surface area contributed by atoms with Gasteiger partial charge in [0.2, 0.25) is 5.91 Å². The zero-order chi connectivity index (χ0) is 96.1. The summed E-state index contributed by atoms with van der Waals surface area (Å²) in [5.41, 5.74) is 34.5. The Bertz CT molecular complexity index is 5480. The quantitative estimate of drug-likeness (QED) is 0.0464. The summed E-state index contributed by atoms with van der Waals surface area (Å²) < 4.78 is 0. The van der Waals surface area contributed by atoms with Crippen molar-refractivity contribution in [3.63, 3.8) is 0 Å². The first-order chi connectivity index (χ1) is 65.5. The Labute approximate surface area is 805 Å². The van der Waals surface area contributed by atoms with E-state index in [4.69, 9.17) is 28.7 Å². The number of piperidine rings is 5. The van der Waals surface area contributed by atoms with Gasteiger partial charge in [-0.25, -0.2) is 0 Å². The molecule has 10 saturated carbocycles. The monoisotopic (exact) mass is 1870 g/mol. The first-order valence-electron chi connectivity index (χ1n) is 52.9. The molecule has 15 fully saturated rings. The molecular formula is C112H146N10O15. The molecule has 25 heteroatoms. The van der Waals surface area contributed by atoms with Crippen LogP contribution in [0.15, 0.2) is 66.7 Å². The predicted octanol–water partition coefficient (Wildman–Crippen LogP) is 12.8. The molecule has 25 nitrogen and oxygen atoms in total. The van der Waals surface area contributed by atoms with E-state index in [9.17, 15) is 73.8 Å². The summed E-state index contributed by atoms with van der Waals surface area (Å²) in [5, 5.41) is 68.3. The van der Waals surface area contributed by atoms with Crippen LogP contribution in [0.1, 0.15) is 354 Å². The second-order valence-electron chi connectivity index (χ2n) is 47.0. The van der Waals surface area contributed by atoms with Crippen LogP contribution >= 0.6 is 0 Å². The van der Waals surface area contributed by atoms with Gasteiger partial charge in [0.1, 0.15) is 46.1 Å². The fourth-order valence-electron chi connectivity index (χ4n) is 33.2. The molecule has 734 valence electrons. The fraction of sp³-hybridized carbons (Fsp3) is 0.652. The largest absolute Gasteiger partial charge is 0.507 e. The summed E-state index contributed by atoms with van der Waals surface area (Å²) in [6.07, 6.45) is 35.5. The molecule has 10 bridgehead atoms. The number of likely N-dealkylation sites (tertiary alicyclic amines) is 5. The van der Waals surface area contributed by atoms with Gasteiger partial charge < -0.3 is 59.3 Å². The number of nitrogens with two attached hydrogens (primary N) is 5. The highest BCUT2D eigenvalue weighted by molar-refractivity contribution is 6.00. The third kappa shape index (κ3) is 15.1. The second kappa shape index (κ2) is 35.0. The van der Waals surface area contributed by atoms with Gasteiger partial charge in [-0.3, -0.25) is 67.7 Å². The van der Waals surface area contributed by atoms with Crippen molar-refractivity contribution in [1.82, 2.24) is 24.5 Å². The van der Waals surface area contributed by atoms with Gasteiger partial charge in [-0.05, 0) is 351 Å². The summed E-state index contributed by atoms with van der Waals surface area (Å²) in [5.74, 6) is 3.13. The molecule has 20 atom stereocenters. The molecule has 15 aliphatic carbocycles. The molecule has 5 amide bonds. The number of carbonyl (C=O) groups is 9. The van der Waals surface area contributed by atoms with Crippen molar-refractivity contribution in [3.8, 4) is 23.0 Å². The van der Waals surface area contributed by atoms with Crippen LogP contribution in [0.4, 0.5) is 0 Å². The third-order valence-corrected chi connectivity index (χ3v) is 41.2. The number of hydrogen-bond acceptors (Lipinski definition) is 20. The van der Waals surface area contributed by atoms with Crippen LogP contribution in [0.2, 0.25) is 0 Å². The standard InChI is InChI=1S/2C23H30N2O4.2C22H28N2O3.C22H30N2O/c2*1-13(14-3-2-4-14)25-10-9-22-12-16(26)7-8-23(22,29)18(25)11-15-5-6-17(21(24)28)20(27)19(15)22;2*1-12(13-2-3-13)24-9-8-22-11-15(25)5-7-17(22)18(24)10-14-4-6-16(21(23)27)20(26)19(14)22;1-14(15-5-6-15)24-11-10-22-9-3-2-4-18(22)20(24)13-16-7-8-17(21(23)25)12-19(16)22/h2*5-6,13-14,18,27,29H,2-4,7-12H2,1H3,(H2,24,28);2*4,6,12-13,17-18,26H,2-3,5,7-11H2,1H3,(H2,23,27);7-8,12,14-15,18,20H,2-6,9-11,13H2,1H3,(H2,23,25)/t13-,18+,22+,23+;13-,18-,22-,23-;12-,17+,18-,22+;12-,17-,18+,22-;14-,18+,20-,22-/m01101/s1. The summed E-state index contributed by atoms with van der Waals surface area (Å²) in [7, 11) is 0. The van der Waals surface area contributed by atoms with E-state index in [2.05, 4.69) is 71.3 Å². The highest BCUT2D eigenvalue weighted by Crippen LogP contribution is 2.67.